The number of nitrogens with zero attached hydrogens (tertiary/aromatic N) is 1. The molecule has 16 heavy (non-hydrogen) atoms. The molecule has 2 aromatic rings. The fourth-order valence-corrected chi connectivity index (χ4v) is 1.63. The number of alkyl halides is 3. The molecule has 2 rings (SSSR count). The second-order valence-electron chi connectivity index (χ2n) is 3.46. The molecular weight excluding hydrogens is 239 g/mol. The van der Waals surface area contributed by atoms with Gasteiger partial charge in [0.1, 0.15) is 0 Å². The summed E-state index contributed by atoms with van der Waals surface area (Å²) in [6, 6.07) is 3.44. The highest BCUT2D eigenvalue weighted by molar-refractivity contribution is 6.32. The van der Waals surface area contributed by atoms with E-state index in [9.17, 15) is 13.2 Å². The Labute approximate surface area is 94.9 Å². The summed E-state index contributed by atoms with van der Waals surface area (Å²) in [5, 5.41) is 0.800. The van der Waals surface area contributed by atoms with Crippen LogP contribution in [0, 0.1) is 6.92 Å². The van der Waals surface area contributed by atoms with Gasteiger partial charge in [0.2, 0.25) is 0 Å². The molecule has 5 heteroatoms. The number of hydrogen-bond donors (Lipinski definition) is 0. The highest BCUT2D eigenvalue weighted by Gasteiger charge is 2.30. The van der Waals surface area contributed by atoms with Crippen LogP contribution in [0.15, 0.2) is 24.4 Å². The molecule has 0 radical (unpaired) electrons. The van der Waals surface area contributed by atoms with Gasteiger partial charge in [0.25, 0.3) is 0 Å². The number of benzene rings is 1. The van der Waals surface area contributed by atoms with Gasteiger partial charge in [-0.15, -0.1) is 0 Å². The molecule has 0 saturated carbocycles. The Balaban J connectivity index is 2.74. The molecule has 0 amide bonds. The van der Waals surface area contributed by atoms with Crippen LogP contribution in [0.25, 0.3) is 10.9 Å². The summed E-state index contributed by atoms with van der Waals surface area (Å²) in [6.07, 6.45) is -2.91. The van der Waals surface area contributed by atoms with E-state index in [-0.39, 0.29) is 0 Å². The number of hydrogen-bond acceptors (Lipinski definition) is 1. The van der Waals surface area contributed by atoms with Gasteiger partial charge in [-0.2, -0.15) is 13.2 Å². The first-order valence-corrected chi connectivity index (χ1v) is 4.89. The van der Waals surface area contributed by atoms with Crippen molar-refractivity contribution in [3.63, 3.8) is 0 Å². The number of aryl methyl sites for hydroxylation is 1. The molecular formula is C11H7ClF3N. The van der Waals surface area contributed by atoms with Crippen molar-refractivity contribution in [2.24, 2.45) is 0 Å². The molecule has 0 fully saturated rings. The van der Waals surface area contributed by atoms with Crippen molar-refractivity contribution in [3.05, 3.63) is 40.5 Å². The number of rotatable bonds is 0. The SMILES string of the molecule is Cc1c(Cl)cnc2ccc(C(F)(F)F)cc12. The van der Waals surface area contributed by atoms with E-state index in [1.54, 1.807) is 6.92 Å². The summed E-state index contributed by atoms with van der Waals surface area (Å²) >= 11 is 5.81. The maximum atomic E-state index is 12.5. The lowest BCUT2D eigenvalue weighted by atomic mass is 10.1. The molecule has 0 spiro atoms. The predicted molar refractivity (Wildman–Crippen MR) is 56.5 cm³/mol. The quantitative estimate of drug-likeness (QED) is 0.677. The Morgan fingerprint density at radius 1 is 1.25 bits per heavy atom. The van der Waals surface area contributed by atoms with Gasteiger partial charge in [0, 0.05) is 11.6 Å². The molecule has 0 atom stereocenters. The van der Waals surface area contributed by atoms with Crippen LogP contribution in [0.5, 0.6) is 0 Å². The van der Waals surface area contributed by atoms with E-state index in [1.807, 2.05) is 0 Å². The van der Waals surface area contributed by atoms with E-state index >= 15 is 0 Å². The summed E-state index contributed by atoms with van der Waals surface area (Å²) in [4.78, 5) is 3.97. The summed E-state index contributed by atoms with van der Waals surface area (Å²) < 4.78 is 37.5. The zero-order valence-corrected chi connectivity index (χ0v) is 9.02. The maximum absolute atomic E-state index is 12.5. The fraction of sp³-hybridized carbons (Fsp3) is 0.182. The normalized spacial score (nSPS) is 12.1. The van der Waals surface area contributed by atoms with Crippen LogP contribution in [0.2, 0.25) is 5.02 Å². The molecule has 0 unspecified atom stereocenters. The summed E-state index contributed by atoms with van der Waals surface area (Å²) in [5.41, 5.74) is 0.430. The molecule has 0 aliphatic heterocycles. The standard InChI is InChI=1S/C11H7ClF3N/c1-6-8-4-7(11(13,14)15)2-3-10(8)16-5-9(6)12/h2-5H,1H3. The predicted octanol–water partition coefficient (Wildman–Crippen LogP) is 4.22. The van der Waals surface area contributed by atoms with E-state index in [2.05, 4.69) is 4.98 Å². The van der Waals surface area contributed by atoms with Gasteiger partial charge in [0.05, 0.1) is 16.1 Å². The Morgan fingerprint density at radius 2 is 1.94 bits per heavy atom. The van der Waals surface area contributed by atoms with Crippen LogP contribution in [0.3, 0.4) is 0 Å². The number of fused-ring (bicyclic) bond motifs is 1. The van der Waals surface area contributed by atoms with Gasteiger partial charge in [0.15, 0.2) is 0 Å². The fourth-order valence-electron chi connectivity index (χ4n) is 1.48. The zero-order valence-electron chi connectivity index (χ0n) is 8.27. The van der Waals surface area contributed by atoms with Crippen LogP contribution in [0.4, 0.5) is 13.2 Å². The third-order valence-electron chi connectivity index (χ3n) is 2.40. The Morgan fingerprint density at radius 3 is 2.56 bits per heavy atom. The maximum Gasteiger partial charge on any atom is 0.416 e. The molecule has 1 heterocycles. The molecule has 0 aliphatic rings. The Kier molecular flexibility index (Phi) is 2.54. The van der Waals surface area contributed by atoms with Crippen molar-refractivity contribution in [3.8, 4) is 0 Å². The van der Waals surface area contributed by atoms with E-state index in [4.69, 9.17) is 11.6 Å². The third kappa shape index (κ3) is 1.85. The van der Waals surface area contributed by atoms with Crippen molar-refractivity contribution < 1.29 is 13.2 Å². The molecule has 0 bridgehead atoms. The third-order valence-corrected chi connectivity index (χ3v) is 2.78. The van der Waals surface area contributed by atoms with Crippen LogP contribution >= 0.6 is 11.6 Å². The topological polar surface area (TPSA) is 12.9 Å². The number of pyridine rings is 1. The monoisotopic (exact) mass is 245 g/mol. The molecule has 84 valence electrons. The minimum Gasteiger partial charge on any atom is -0.255 e. The first kappa shape index (κ1) is 11.2. The highest BCUT2D eigenvalue weighted by atomic mass is 35.5. The first-order valence-electron chi connectivity index (χ1n) is 4.51. The average molecular weight is 246 g/mol. The summed E-state index contributed by atoms with van der Waals surface area (Å²) in [5.74, 6) is 0. The van der Waals surface area contributed by atoms with Gasteiger partial charge in [-0.3, -0.25) is 4.98 Å². The van der Waals surface area contributed by atoms with E-state index in [0.29, 0.717) is 21.5 Å². The van der Waals surface area contributed by atoms with Crippen molar-refractivity contribution in [2.45, 2.75) is 13.1 Å². The van der Waals surface area contributed by atoms with E-state index in [1.165, 1.54) is 12.3 Å². The second-order valence-corrected chi connectivity index (χ2v) is 3.87. The molecule has 0 N–H and O–H groups in total. The van der Waals surface area contributed by atoms with Gasteiger partial charge < -0.3 is 0 Å². The van der Waals surface area contributed by atoms with Crippen molar-refractivity contribution >= 4 is 22.5 Å². The minimum atomic E-state index is -4.34. The van der Waals surface area contributed by atoms with Gasteiger partial charge in [-0.1, -0.05) is 11.6 Å². The van der Waals surface area contributed by atoms with Crippen molar-refractivity contribution in [1.29, 1.82) is 0 Å². The number of aromatic nitrogens is 1. The molecule has 0 saturated heterocycles. The molecule has 1 aromatic carbocycles. The molecule has 0 aliphatic carbocycles. The van der Waals surface area contributed by atoms with E-state index in [0.717, 1.165) is 12.1 Å². The van der Waals surface area contributed by atoms with Gasteiger partial charge in [-0.25, -0.2) is 0 Å². The Hall–Kier alpha value is -1.29. The lowest BCUT2D eigenvalue weighted by Gasteiger charge is -2.09. The van der Waals surface area contributed by atoms with Crippen molar-refractivity contribution in [2.75, 3.05) is 0 Å². The lowest BCUT2D eigenvalue weighted by molar-refractivity contribution is -0.137. The summed E-state index contributed by atoms with van der Waals surface area (Å²) in [7, 11) is 0. The highest BCUT2D eigenvalue weighted by Crippen LogP contribution is 2.32. The molecule has 1 nitrogen and oxygen atoms in total. The average Bonchev–Trinajstić information content (AvgIpc) is 2.22. The van der Waals surface area contributed by atoms with Crippen LogP contribution in [-0.4, -0.2) is 4.98 Å². The Bertz CT molecular complexity index is 549. The molecule has 1 aromatic heterocycles. The zero-order chi connectivity index (χ0) is 11.9. The summed E-state index contributed by atoms with van der Waals surface area (Å²) in [6.45, 7) is 1.67. The lowest BCUT2D eigenvalue weighted by Crippen LogP contribution is -2.04. The van der Waals surface area contributed by atoms with Crippen LogP contribution in [-0.2, 0) is 6.18 Å². The van der Waals surface area contributed by atoms with Gasteiger partial charge >= 0.3 is 6.18 Å². The second kappa shape index (κ2) is 3.63. The minimum absolute atomic E-state index is 0.367. The smallest absolute Gasteiger partial charge is 0.255 e. The van der Waals surface area contributed by atoms with E-state index < -0.39 is 11.7 Å². The number of halogens is 4. The van der Waals surface area contributed by atoms with Crippen molar-refractivity contribution in [1.82, 2.24) is 4.98 Å². The first-order chi connectivity index (χ1) is 7.39. The van der Waals surface area contributed by atoms with Crippen LogP contribution in [0.1, 0.15) is 11.1 Å². The largest absolute Gasteiger partial charge is 0.416 e. The van der Waals surface area contributed by atoms with Crippen LogP contribution < -0.4 is 0 Å². The van der Waals surface area contributed by atoms with Gasteiger partial charge in [-0.05, 0) is 30.7 Å².